The van der Waals surface area contributed by atoms with Gasteiger partial charge in [-0.1, -0.05) is 0 Å². The molecule has 6 atom stereocenters. The molecule has 0 N–H and O–H groups in total. The third-order valence-electron chi connectivity index (χ3n) is 5.60. The largest absolute Gasteiger partial charge is 0.496 e. The monoisotopic (exact) mass is 466 g/mol. The molecule has 0 amide bonds. The van der Waals surface area contributed by atoms with Gasteiger partial charge in [-0.25, -0.2) is 0 Å². The number of carbonyl (C=O) groups excluding carboxylic acids is 3. The Morgan fingerprint density at radius 2 is 1.58 bits per heavy atom. The Morgan fingerprint density at radius 3 is 2.15 bits per heavy atom. The lowest BCUT2D eigenvalue weighted by Crippen LogP contribution is -2.51. The van der Waals surface area contributed by atoms with E-state index >= 15 is 0 Å². The van der Waals surface area contributed by atoms with Crippen molar-refractivity contribution in [3.8, 4) is 11.5 Å². The molecular formula is C23H30O10. The lowest BCUT2D eigenvalue weighted by atomic mass is 9.94. The highest BCUT2D eigenvalue weighted by molar-refractivity contribution is 5.81. The molecule has 0 radical (unpaired) electrons. The first kappa shape index (κ1) is 24.9. The van der Waals surface area contributed by atoms with Gasteiger partial charge in [0, 0.05) is 32.3 Å². The molecule has 10 nitrogen and oxygen atoms in total. The minimum Gasteiger partial charge on any atom is -0.496 e. The molecule has 3 rings (SSSR count). The summed E-state index contributed by atoms with van der Waals surface area (Å²) in [5.74, 6) is -0.106. The van der Waals surface area contributed by atoms with E-state index in [0.29, 0.717) is 23.5 Å². The van der Waals surface area contributed by atoms with E-state index in [9.17, 15) is 14.4 Å². The van der Waals surface area contributed by atoms with Crippen LogP contribution in [0.3, 0.4) is 0 Å². The fourth-order valence-corrected chi connectivity index (χ4v) is 4.17. The summed E-state index contributed by atoms with van der Waals surface area (Å²) in [6.45, 7) is 5.68. The Balaban J connectivity index is 1.91. The van der Waals surface area contributed by atoms with Crippen molar-refractivity contribution in [3.05, 3.63) is 23.3 Å². The standard InChI is InChI=1S/C23H30O10/c1-11(24)18-9-15-16(27-5)7-8-17(28-6)21(15)23(32-18)33-20-10-19(30-13(3)25)22(12(2)29-20)31-14(4)26/h7-8,12,18-20,22-23H,9-10H2,1-6H3/t12-,18-,19-,20+,22+,23+/m0/s1. The number of hydrogen-bond donors (Lipinski definition) is 0. The van der Waals surface area contributed by atoms with Crippen molar-refractivity contribution in [2.24, 2.45) is 0 Å². The molecule has 1 fully saturated rings. The van der Waals surface area contributed by atoms with Gasteiger partial charge in [0.1, 0.15) is 23.7 Å². The topological polar surface area (TPSA) is 116 Å². The van der Waals surface area contributed by atoms with Crippen molar-refractivity contribution in [1.82, 2.24) is 0 Å². The number of esters is 2. The van der Waals surface area contributed by atoms with E-state index in [2.05, 4.69) is 0 Å². The summed E-state index contributed by atoms with van der Waals surface area (Å²) in [4.78, 5) is 35.4. The van der Waals surface area contributed by atoms with Crippen LogP contribution in [0.1, 0.15) is 51.5 Å². The molecule has 2 aliphatic heterocycles. The number of benzene rings is 1. The zero-order chi connectivity index (χ0) is 24.3. The maximum atomic E-state index is 12.2. The molecule has 0 bridgehead atoms. The number of ether oxygens (including phenoxy) is 7. The second-order valence-electron chi connectivity index (χ2n) is 8.00. The van der Waals surface area contributed by atoms with Crippen LogP contribution in [0.5, 0.6) is 11.5 Å². The van der Waals surface area contributed by atoms with Crippen LogP contribution >= 0.6 is 0 Å². The predicted octanol–water partition coefficient (Wildman–Crippen LogP) is 2.25. The maximum absolute atomic E-state index is 12.2. The predicted molar refractivity (Wildman–Crippen MR) is 113 cm³/mol. The smallest absolute Gasteiger partial charge is 0.303 e. The van der Waals surface area contributed by atoms with Gasteiger partial charge in [-0.3, -0.25) is 14.4 Å². The second kappa shape index (κ2) is 10.5. The minimum atomic E-state index is -1.01. The molecule has 0 saturated carbocycles. The Labute approximate surface area is 192 Å². The van der Waals surface area contributed by atoms with Gasteiger partial charge in [0.15, 0.2) is 24.5 Å². The number of ketones is 1. The van der Waals surface area contributed by atoms with E-state index in [1.807, 2.05) is 0 Å². The van der Waals surface area contributed by atoms with Gasteiger partial charge >= 0.3 is 11.9 Å². The summed E-state index contributed by atoms with van der Waals surface area (Å²) in [6, 6.07) is 3.49. The zero-order valence-electron chi connectivity index (χ0n) is 19.6. The highest BCUT2D eigenvalue weighted by Crippen LogP contribution is 2.43. The highest BCUT2D eigenvalue weighted by Gasteiger charge is 2.44. The Kier molecular flexibility index (Phi) is 7.93. The Morgan fingerprint density at radius 1 is 0.939 bits per heavy atom. The number of methoxy groups -OCH3 is 2. The average Bonchev–Trinajstić information content (AvgIpc) is 2.74. The van der Waals surface area contributed by atoms with Gasteiger partial charge in [-0.15, -0.1) is 0 Å². The summed E-state index contributed by atoms with van der Waals surface area (Å²) < 4.78 is 39.8. The lowest BCUT2D eigenvalue weighted by Gasteiger charge is -2.41. The molecule has 1 aromatic rings. The molecule has 182 valence electrons. The first-order valence-electron chi connectivity index (χ1n) is 10.7. The van der Waals surface area contributed by atoms with Gasteiger partial charge < -0.3 is 33.2 Å². The fraction of sp³-hybridized carbons (Fsp3) is 0.609. The van der Waals surface area contributed by atoms with Crippen molar-refractivity contribution in [2.75, 3.05) is 14.2 Å². The van der Waals surface area contributed by atoms with Gasteiger partial charge in [0.25, 0.3) is 0 Å². The number of carbonyl (C=O) groups is 3. The van der Waals surface area contributed by atoms with Crippen molar-refractivity contribution in [2.45, 2.75) is 77.5 Å². The molecule has 0 unspecified atom stereocenters. The summed E-state index contributed by atoms with van der Waals surface area (Å²) in [5.41, 5.74) is 1.34. The van der Waals surface area contributed by atoms with Crippen molar-refractivity contribution in [1.29, 1.82) is 0 Å². The van der Waals surface area contributed by atoms with Crippen LogP contribution in [0.2, 0.25) is 0 Å². The minimum absolute atomic E-state index is 0.0914. The third kappa shape index (κ3) is 5.63. The van der Waals surface area contributed by atoms with Crippen molar-refractivity contribution in [3.63, 3.8) is 0 Å². The van der Waals surface area contributed by atoms with Crippen LogP contribution in [0, 0.1) is 0 Å². The molecular weight excluding hydrogens is 436 g/mol. The first-order chi connectivity index (χ1) is 15.6. The van der Waals surface area contributed by atoms with Crippen LogP contribution in [0.25, 0.3) is 0 Å². The molecule has 1 aromatic carbocycles. The Bertz CT molecular complexity index is 897. The van der Waals surface area contributed by atoms with E-state index in [1.54, 1.807) is 26.2 Å². The van der Waals surface area contributed by atoms with E-state index in [1.165, 1.54) is 27.9 Å². The summed E-state index contributed by atoms with van der Waals surface area (Å²) in [7, 11) is 3.07. The van der Waals surface area contributed by atoms with E-state index in [0.717, 1.165) is 5.56 Å². The number of rotatable bonds is 7. The normalized spacial score (nSPS) is 28.9. The van der Waals surface area contributed by atoms with Crippen molar-refractivity contribution >= 4 is 17.7 Å². The van der Waals surface area contributed by atoms with Crippen LogP contribution in [-0.2, 0) is 44.5 Å². The SMILES string of the molecule is COc1ccc(OC)c2c1C[C@@H](C(C)=O)O[C@@H]2O[C@@H]1C[C@H](OC(C)=O)[C@H](OC(C)=O)[C@H](C)O1. The van der Waals surface area contributed by atoms with Gasteiger partial charge in [-0.05, 0) is 26.0 Å². The lowest BCUT2D eigenvalue weighted by molar-refractivity contribution is -0.309. The van der Waals surface area contributed by atoms with Gasteiger partial charge in [-0.2, -0.15) is 0 Å². The first-order valence-corrected chi connectivity index (χ1v) is 10.7. The summed E-state index contributed by atoms with van der Waals surface area (Å²) in [5, 5.41) is 0. The summed E-state index contributed by atoms with van der Waals surface area (Å²) in [6.07, 6.45) is -4.43. The molecule has 33 heavy (non-hydrogen) atoms. The van der Waals surface area contributed by atoms with Crippen LogP contribution < -0.4 is 9.47 Å². The quantitative estimate of drug-likeness (QED) is 0.554. The van der Waals surface area contributed by atoms with E-state index < -0.39 is 48.9 Å². The van der Waals surface area contributed by atoms with E-state index in [-0.39, 0.29) is 12.2 Å². The molecule has 0 aliphatic carbocycles. The Hall–Kier alpha value is -2.69. The molecule has 0 spiro atoms. The molecule has 10 heteroatoms. The van der Waals surface area contributed by atoms with Gasteiger partial charge in [0.05, 0.1) is 25.9 Å². The fourth-order valence-electron chi connectivity index (χ4n) is 4.17. The average molecular weight is 466 g/mol. The number of Topliss-reactive ketones (excluding diaryl/α,β-unsaturated/α-hetero) is 1. The molecule has 1 saturated heterocycles. The van der Waals surface area contributed by atoms with Crippen LogP contribution in [-0.4, -0.2) is 62.6 Å². The number of hydrogen-bond acceptors (Lipinski definition) is 10. The molecule has 2 aliphatic rings. The molecule has 0 aromatic heterocycles. The summed E-state index contributed by atoms with van der Waals surface area (Å²) >= 11 is 0. The van der Waals surface area contributed by atoms with Crippen LogP contribution in [0.4, 0.5) is 0 Å². The second-order valence-corrected chi connectivity index (χ2v) is 8.00. The zero-order valence-corrected chi connectivity index (χ0v) is 19.6. The third-order valence-corrected chi connectivity index (χ3v) is 5.60. The van der Waals surface area contributed by atoms with Crippen molar-refractivity contribution < 1.29 is 47.5 Å². The maximum Gasteiger partial charge on any atom is 0.303 e. The van der Waals surface area contributed by atoms with E-state index in [4.69, 9.17) is 33.2 Å². The van der Waals surface area contributed by atoms with Crippen LogP contribution in [0.15, 0.2) is 12.1 Å². The van der Waals surface area contributed by atoms with Gasteiger partial charge in [0.2, 0.25) is 0 Å². The highest BCUT2D eigenvalue weighted by atomic mass is 16.8. The number of fused-ring (bicyclic) bond motifs is 1. The molecule has 2 heterocycles.